The highest BCUT2D eigenvalue weighted by Gasteiger charge is 2.31. The van der Waals surface area contributed by atoms with Crippen LogP contribution in [-0.2, 0) is 35.0 Å². The number of nitrogens with one attached hydrogen (secondary N) is 4. The third-order valence-electron chi connectivity index (χ3n) is 11.0. The third kappa shape index (κ3) is 9.11. The molecular weight excluding hydrogens is 888 g/mol. The summed E-state index contributed by atoms with van der Waals surface area (Å²) in [7, 11) is 6.80. The predicted molar refractivity (Wildman–Crippen MR) is 245 cm³/mol. The van der Waals surface area contributed by atoms with Crippen LogP contribution < -0.4 is 30.5 Å². The highest BCUT2D eigenvalue weighted by molar-refractivity contribution is 9.10. The monoisotopic (exact) mass is 938 g/mol. The van der Waals surface area contributed by atoms with Crippen molar-refractivity contribution in [2.24, 2.45) is 14.1 Å². The molecule has 2 aliphatic heterocycles. The number of carbonyl (C=O) groups is 2. The number of aryl methyl sites for hydroxylation is 3. The van der Waals surface area contributed by atoms with Crippen molar-refractivity contribution in [1.29, 1.82) is 0 Å². The molecule has 2 fully saturated rings. The van der Waals surface area contributed by atoms with Crippen LogP contribution in [0.4, 0.5) is 29.4 Å². The first-order valence-electron chi connectivity index (χ1n) is 20.7. The van der Waals surface area contributed by atoms with Gasteiger partial charge < -0.3 is 49.7 Å². The molecule has 2 saturated heterocycles. The highest BCUT2D eigenvalue weighted by atomic mass is 79.9. The number of hydrogen-bond acceptors (Lipinski definition) is 16. The van der Waals surface area contributed by atoms with Gasteiger partial charge in [0.05, 0.1) is 54.5 Å². The number of aromatic nitrogens is 12. The van der Waals surface area contributed by atoms with E-state index in [9.17, 15) is 9.59 Å². The molecule has 8 heterocycles. The molecule has 7 aromatic rings. The summed E-state index contributed by atoms with van der Waals surface area (Å²) in [5.41, 5.74) is 6.21. The third-order valence-corrected chi connectivity index (χ3v) is 11.6. The Morgan fingerprint density at radius 2 is 1.80 bits per heavy atom. The minimum atomic E-state index is -0.201. The Hall–Kier alpha value is -6.88. The van der Waals surface area contributed by atoms with Gasteiger partial charge >= 0.3 is 0 Å². The maximum absolute atomic E-state index is 12.3. The van der Waals surface area contributed by atoms with Crippen LogP contribution in [0, 0.1) is 6.92 Å². The summed E-state index contributed by atoms with van der Waals surface area (Å²) in [6.45, 7) is 13.2. The van der Waals surface area contributed by atoms with Gasteiger partial charge in [0.1, 0.15) is 11.5 Å². The smallest absolute Gasteiger partial charge is 0.256 e. The summed E-state index contributed by atoms with van der Waals surface area (Å²) >= 11 is 3.54. The van der Waals surface area contributed by atoms with Crippen LogP contribution in [0.1, 0.15) is 31.7 Å². The van der Waals surface area contributed by atoms with Gasteiger partial charge in [-0.3, -0.25) is 14.3 Å². The topological polar surface area (TPSA) is 232 Å². The summed E-state index contributed by atoms with van der Waals surface area (Å²) in [5.74, 6) is 3.35. The average Bonchev–Trinajstić information content (AvgIpc) is 4.12. The molecule has 4 N–H and O–H groups in total. The number of rotatable bonds is 13. The van der Waals surface area contributed by atoms with E-state index in [0.717, 1.165) is 34.2 Å². The van der Waals surface area contributed by atoms with Crippen molar-refractivity contribution >= 4 is 85.4 Å². The predicted octanol–water partition coefficient (Wildman–Crippen LogP) is 3.49. The summed E-state index contributed by atoms with van der Waals surface area (Å²) in [4.78, 5) is 61.1. The fourth-order valence-corrected chi connectivity index (χ4v) is 8.22. The lowest BCUT2D eigenvalue weighted by molar-refractivity contribution is -0.122. The second kappa shape index (κ2) is 18.5. The van der Waals surface area contributed by atoms with E-state index in [0.29, 0.717) is 90.3 Å². The number of fused-ring (bicyclic) bond motifs is 3. The molecule has 2 aliphatic rings. The fourth-order valence-electron chi connectivity index (χ4n) is 7.87. The summed E-state index contributed by atoms with van der Waals surface area (Å²) in [6, 6.07) is 6.25. The van der Waals surface area contributed by atoms with Crippen molar-refractivity contribution in [3.05, 3.63) is 64.9 Å². The van der Waals surface area contributed by atoms with Crippen LogP contribution in [-0.4, -0.2) is 141 Å². The van der Waals surface area contributed by atoms with Crippen molar-refractivity contribution in [2.45, 2.75) is 51.9 Å². The zero-order valence-electron chi connectivity index (χ0n) is 36.7. The molecule has 1 aromatic carbocycles. The number of halogens is 1. The number of nitrogens with zero attached hydrogens (tertiary/aromatic N) is 14. The number of methoxy groups -OCH3 is 2. The molecule has 2 amide bonds. The lowest BCUT2D eigenvalue weighted by Crippen LogP contribution is -2.56. The number of ether oxygens (including phenoxy) is 2. The van der Waals surface area contributed by atoms with Gasteiger partial charge in [0, 0.05) is 71.1 Å². The standard InChI is InChI=1S/C21H24BrN9O.C20H27N9O3/c1-12-4-5-16-17(6-12)26-18(25-16)8-23-20-28-21(27-19-15(22)7-24-31(19)20)29-9-13(2)30(11-32)14(3)10-29;1-12(10-31-4)18(30)22-13-6-7-29(8-13)20-24-16(15-17(25-20)27(2)11-21-15)23-14-9-28(3)26-19(14)32-5/h4-7,11,13-14H,8-10H2,1-3H3,(H,25,26)(H,23,27,28);9,11,13H,1,6-8,10H2,2-5H3,(H,22,30)(H,23,24,25)/t13-,14+;. The van der Waals surface area contributed by atoms with E-state index in [-0.39, 0.29) is 30.6 Å². The number of H-pyrrole nitrogens is 1. The molecule has 0 bridgehead atoms. The van der Waals surface area contributed by atoms with E-state index >= 15 is 0 Å². The second-order valence-corrected chi connectivity index (χ2v) is 16.8. The van der Waals surface area contributed by atoms with Gasteiger partial charge in [0.25, 0.3) is 5.88 Å². The minimum absolute atomic E-state index is 0.0308. The molecule has 1 unspecified atom stereocenters. The molecule has 23 heteroatoms. The number of carbonyl (C=O) groups excluding carboxylic acids is 2. The lowest BCUT2D eigenvalue weighted by atomic mass is 10.1. The fraction of sp³-hybridized carbons (Fsp3) is 0.415. The van der Waals surface area contributed by atoms with Gasteiger partial charge in [-0.05, 0) is 60.8 Å². The SMILES string of the molecule is C=C(COC)C(=O)NC1CCN(c2nc(Nc3cn(C)nc3OC)c3ncn(C)c3n2)C1.Cc1ccc2nc(CNc3nc(N4C[C@@H](C)N(C=O)[C@@H](C)C4)nc4c(Br)cnn34)[nH]c2c1. The van der Waals surface area contributed by atoms with Crippen LogP contribution in [0.25, 0.3) is 27.8 Å². The van der Waals surface area contributed by atoms with Crippen molar-refractivity contribution in [3.63, 3.8) is 0 Å². The number of amides is 2. The maximum atomic E-state index is 12.3. The number of benzene rings is 1. The van der Waals surface area contributed by atoms with E-state index in [4.69, 9.17) is 29.4 Å². The van der Waals surface area contributed by atoms with Crippen LogP contribution in [0.5, 0.6) is 5.88 Å². The Morgan fingerprint density at radius 3 is 2.55 bits per heavy atom. The van der Waals surface area contributed by atoms with Gasteiger partial charge in [0.15, 0.2) is 22.6 Å². The zero-order chi connectivity index (χ0) is 45.2. The Balaban J connectivity index is 0.000000175. The van der Waals surface area contributed by atoms with Gasteiger partial charge in [-0.25, -0.2) is 9.97 Å². The van der Waals surface area contributed by atoms with Crippen molar-refractivity contribution < 1.29 is 19.1 Å². The normalized spacial score (nSPS) is 17.5. The van der Waals surface area contributed by atoms with Gasteiger partial charge in [-0.2, -0.15) is 29.5 Å². The molecule has 22 nitrogen and oxygen atoms in total. The average molecular weight is 940 g/mol. The van der Waals surface area contributed by atoms with Crippen molar-refractivity contribution in [2.75, 3.05) is 67.4 Å². The molecular formula is C41H51BrN18O4. The van der Waals surface area contributed by atoms with Gasteiger partial charge in [-0.1, -0.05) is 12.6 Å². The molecule has 64 heavy (non-hydrogen) atoms. The molecule has 3 atom stereocenters. The first kappa shape index (κ1) is 43.8. The van der Waals surface area contributed by atoms with Crippen LogP contribution >= 0.6 is 15.9 Å². The van der Waals surface area contributed by atoms with E-state index in [1.165, 1.54) is 12.7 Å². The minimum Gasteiger partial charge on any atom is -0.478 e. The molecule has 6 aromatic heterocycles. The quantitative estimate of drug-likeness (QED) is 0.0958. The second-order valence-electron chi connectivity index (χ2n) is 16.0. The first-order chi connectivity index (χ1) is 30.8. The van der Waals surface area contributed by atoms with Crippen molar-refractivity contribution in [1.82, 2.24) is 69.1 Å². The van der Waals surface area contributed by atoms with Crippen LogP contribution in [0.15, 0.2) is 53.5 Å². The first-order valence-corrected chi connectivity index (χ1v) is 21.5. The van der Waals surface area contributed by atoms with Crippen molar-refractivity contribution in [3.8, 4) is 5.88 Å². The van der Waals surface area contributed by atoms with Gasteiger partial charge in [-0.15, -0.1) is 5.10 Å². The van der Waals surface area contributed by atoms with E-state index in [2.05, 4.69) is 81.5 Å². The van der Waals surface area contributed by atoms with E-state index in [1.807, 2.05) is 60.6 Å². The summed E-state index contributed by atoms with van der Waals surface area (Å²) in [6.07, 6.45) is 6.91. The number of imidazole rings is 2. The largest absolute Gasteiger partial charge is 0.478 e. The molecule has 0 saturated carbocycles. The summed E-state index contributed by atoms with van der Waals surface area (Å²) in [5, 5.41) is 18.3. The maximum Gasteiger partial charge on any atom is 0.256 e. The highest BCUT2D eigenvalue weighted by Crippen LogP contribution is 2.31. The van der Waals surface area contributed by atoms with Gasteiger partial charge in [0.2, 0.25) is 30.2 Å². The number of aromatic amines is 1. The number of piperazine rings is 1. The summed E-state index contributed by atoms with van der Waals surface area (Å²) < 4.78 is 16.3. The Morgan fingerprint density at radius 1 is 1.03 bits per heavy atom. The Kier molecular flexibility index (Phi) is 12.6. The van der Waals surface area contributed by atoms with E-state index in [1.54, 1.807) is 28.8 Å². The molecule has 0 spiro atoms. The molecule has 0 aliphatic carbocycles. The number of anilines is 5. The van der Waals surface area contributed by atoms with E-state index < -0.39 is 0 Å². The van der Waals surface area contributed by atoms with Crippen LogP contribution in [0.3, 0.4) is 0 Å². The molecule has 0 radical (unpaired) electrons. The number of hydrogen-bond donors (Lipinski definition) is 4. The zero-order valence-corrected chi connectivity index (χ0v) is 38.3. The molecule has 9 rings (SSSR count). The van der Waals surface area contributed by atoms with Crippen LogP contribution in [0.2, 0.25) is 0 Å². The Bertz CT molecular complexity index is 2820. The Labute approximate surface area is 376 Å². The lowest BCUT2D eigenvalue weighted by Gasteiger charge is -2.42. The molecule has 336 valence electrons.